The number of likely N-dealkylation sites (N-methyl/N-ethyl adjacent to an activating group) is 1. The van der Waals surface area contributed by atoms with Crippen LogP contribution in [0.5, 0.6) is 0 Å². The number of aryl methyl sites for hydroxylation is 1. The van der Waals surface area contributed by atoms with Crippen molar-refractivity contribution in [2.24, 2.45) is 5.73 Å². The minimum atomic E-state index is -0.503. The molecule has 1 unspecified atom stereocenters. The van der Waals surface area contributed by atoms with E-state index in [4.69, 9.17) is 15.6 Å². The van der Waals surface area contributed by atoms with Gasteiger partial charge in [-0.05, 0) is 32.4 Å². The number of halogens is 1. The molecule has 0 spiro atoms. The third kappa shape index (κ3) is 4.10. The van der Waals surface area contributed by atoms with Gasteiger partial charge in [0.05, 0.1) is 29.6 Å². The van der Waals surface area contributed by atoms with Crippen molar-refractivity contribution < 1.29 is 13.9 Å². The number of hydrogen-bond donors (Lipinski definition) is 2. The molecule has 3 aromatic heterocycles. The number of rotatable bonds is 8. The van der Waals surface area contributed by atoms with Crippen molar-refractivity contribution in [2.45, 2.75) is 32.9 Å². The minimum Gasteiger partial charge on any atom is -0.376 e. The minimum absolute atomic E-state index is 0.134. The van der Waals surface area contributed by atoms with Gasteiger partial charge in [-0.15, -0.1) is 0 Å². The zero-order chi connectivity index (χ0) is 23.8. The zero-order valence-electron chi connectivity index (χ0n) is 19.3. The first-order chi connectivity index (χ1) is 16.5. The highest BCUT2D eigenvalue weighted by Gasteiger charge is 2.23. The summed E-state index contributed by atoms with van der Waals surface area (Å²) in [7, 11) is 0. The lowest BCUT2D eigenvalue weighted by atomic mass is 10.1. The Kier molecular flexibility index (Phi) is 5.93. The number of anilines is 2. The zero-order valence-corrected chi connectivity index (χ0v) is 19.3. The molecule has 1 aromatic carbocycles. The predicted octanol–water partition coefficient (Wildman–Crippen LogP) is 2.96. The molecule has 1 aliphatic rings. The second-order valence-electron chi connectivity index (χ2n) is 8.54. The van der Waals surface area contributed by atoms with E-state index in [1.807, 2.05) is 16.9 Å². The van der Waals surface area contributed by atoms with Crippen molar-refractivity contribution in [1.82, 2.24) is 19.2 Å². The topological polar surface area (TPSA) is 103 Å². The maximum atomic E-state index is 14.5. The van der Waals surface area contributed by atoms with Crippen molar-refractivity contribution in [3.63, 3.8) is 0 Å². The number of carbonyl (C=O) groups is 1. The SMILES string of the molecule is CCN(CCN)c1ccc(C(=O)Nc2cc(F)c3nc(C)cn3c2)c2nn(CC3CCO3)cc12. The van der Waals surface area contributed by atoms with Crippen molar-refractivity contribution in [2.75, 3.05) is 36.5 Å². The van der Waals surface area contributed by atoms with Gasteiger partial charge in [-0.1, -0.05) is 0 Å². The van der Waals surface area contributed by atoms with Crippen LogP contribution < -0.4 is 16.0 Å². The van der Waals surface area contributed by atoms with Crippen LogP contribution >= 0.6 is 0 Å². The van der Waals surface area contributed by atoms with Gasteiger partial charge in [0.15, 0.2) is 11.5 Å². The van der Waals surface area contributed by atoms with Crippen molar-refractivity contribution in [3.05, 3.63) is 53.9 Å². The molecule has 0 bridgehead atoms. The summed E-state index contributed by atoms with van der Waals surface area (Å²) in [6.07, 6.45) is 6.44. The number of amides is 1. The molecule has 1 atom stereocenters. The van der Waals surface area contributed by atoms with Crippen molar-refractivity contribution >= 4 is 33.8 Å². The molecule has 10 heteroatoms. The molecule has 4 heterocycles. The second-order valence-corrected chi connectivity index (χ2v) is 8.54. The molecule has 0 saturated carbocycles. The fraction of sp³-hybridized carbons (Fsp3) is 0.375. The Balaban J connectivity index is 1.52. The number of fused-ring (bicyclic) bond motifs is 2. The van der Waals surface area contributed by atoms with E-state index in [0.29, 0.717) is 42.1 Å². The summed E-state index contributed by atoms with van der Waals surface area (Å²) in [5, 5.41) is 8.42. The van der Waals surface area contributed by atoms with Gasteiger partial charge in [0, 0.05) is 62.0 Å². The van der Waals surface area contributed by atoms with Crippen LogP contribution in [0.1, 0.15) is 29.4 Å². The summed E-state index contributed by atoms with van der Waals surface area (Å²) in [4.78, 5) is 19.6. The van der Waals surface area contributed by atoms with Crippen LogP contribution in [0.4, 0.5) is 15.8 Å². The first-order valence-corrected chi connectivity index (χ1v) is 11.5. The molecule has 4 aromatic rings. The quantitative estimate of drug-likeness (QED) is 0.415. The highest BCUT2D eigenvalue weighted by molar-refractivity contribution is 6.13. The molecule has 34 heavy (non-hydrogen) atoms. The summed E-state index contributed by atoms with van der Waals surface area (Å²) >= 11 is 0. The normalized spacial score (nSPS) is 15.6. The molecule has 0 radical (unpaired) electrons. The van der Waals surface area contributed by atoms with E-state index in [1.54, 1.807) is 29.8 Å². The van der Waals surface area contributed by atoms with E-state index < -0.39 is 5.82 Å². The van der Waals surface area contributed by atoms with Crippen molar-refractivity contribution in [3.8, 4) is 0 Å². The Hall–Kier alpha value is -3.50. The van der Waals surface area contributed by atoms with E-state index in [9.17, 15) is 9.18 Å². The van der Waals surface area contributed by atoms with Gasteiger partial charge in [-0.3, -0.25) is 9.48 Å². The summed E-state index contributed by atoms with van der Waals surface area (Å²) in [6.45, 7) is 7.23. The lowest BCUT2D eigenvalue weighted by Gasteiger charge is -2.26. The molecular weight excluding hydrogens is 437 g/mol. The van der Waals surface area contributed by atoms with Gasteiger partial charge in [0.2, 0.25) is 0 Å². The predicted molar refractivity (Wildman–Crippen MR) is 129 cm³/mol. The van der Waals surface area contributed by atoms with Crippen LogP contribution in [0.25, 0.3) is 16.6 Å². The highest BCUT2D eigenvalue weighted by atomic mass is 19.1. The standard InChI is InChI=1S/C24H28FN7O2/c1-3-30(8-7-26)21-5-4-18(22-19(21)14-32(29-22)13-17-6-9-34-17)24(33)28-16-10-20(25)23-27-15(2)11-31(23)12-16/h4-5,10-12,14,17H,3,6-9,13,26H2,1-2H3,(H,28,33). The van der Waals surface area contributed by atoms with Crippen LogP contribution in [0.2, 0.25) is 0 Å². The van der Waals surface area contributed by atoms with E-state index in [2.05, 4.69) is 22.1 Å². The van der Waals surface area contributed by atoms with E-state index in [-0.39, 0.29) is 17.7 Å². The monoisotopic (exact) mass is 465 g/mol. The molecule has 1 saturated heterocycles. The number of imidazole rings is 1. The lowest BCUT2D eigenvalue weighted by molar-refractivity contribution is -0.0608. The molecule has 1 amide bonds. The summed E-state index contributed by atoms with van der Waals surface area (Å²) in [5.74, 6) is -0.865. The number of nitrogens with one attached hydrogen (secondary N) is 1. The first-order valence-electron chi connectivity index (χ1n) is 11.5. The number of pyridine rings is 1. The first kappa shape index (κ1) is 22.3. The van der Waals surface area contributed by atoms with Crippen LogP contribution in [0.3, 0.4) is 0 Å². The van der Waals surface area contributed by atoms with Gasteiger partial charge >= 0.3 is 0 Å². The fourth-order valence-electron chi connectivity index (χ4n) is 4.38. The Morgan fingerprint density at radius 3 is 2.88 bits per heavy atom. The fourth-order valence-corrected chi connectivity index (χ4v) is 4.38. The molecular formula is C24H28FN7O2. The average Bonchev–Trinajstić information content (AvgIpc) is 3.37. The van der Waals surface area contributed by atoms with Gasteiger partial charge in [0.1, 0.15) is 5.52 Å². The number of ether oxygens (including phenoxy) is 1. The molecule has 1 aliphatic heterocycles. The van der Waals surface area contributed by atoms with Crippen LogP contribution in [0, 0.1) is 12.7 Å². The number of nitrogens with zero attached hydrogens (tertiary/aromatic N) is 5. The number of benzene rings is 1. The Morgan fingerprint density at radius 1 is 1.35 bits per heavy atom. The van der Waals surface area contributed by atoms with Crippen LogP contribution in [-0.2, 0) is 11.3 Å². The largest absolute Gasteiger partial charge is 0.376 e. The van der Waals surface area contributed by atoms with Crippen LogP contribution in [0.15, 0.2) is 36.8 Å². The molecule has 9 nitrogen and oxygen atoms in total. The van der Waals surface area contributed by atoms with Crippen molar-refractivity contribution in [1.29, 1.82) is 0 Å². The summed E-state index contributed by atoms with van der Waals surface area (Å²) in [5.41, 5.74) is 9.05. The molecule has 3 N–H and O–H groups in total. The third-order valence-electron chi connectivity index (χ3n) is 6.14. The summed E-state index contributed by atoms with van der Waals surface area (Å²) in [6, 6.07) is 4.96. The maximum absolute atomic E-state index is 14.5. The van der Waals surface area contributed by atoms with Crippen LogP contribution in [-0.4, -0.2) is 57.4 Å². The van der Waals surface area contributed by atoms with E-state index in [0.717, 1.165) is 30.6 Å². The van der Waals surface area contributed by atoms with Gasteiger partial charge in [0.25, 0.3) is 5.91 Å². The molecule has 5 rings (SSSR count). The molecule has 0 aliphatic carbocycles. The van der Waals surface area contributed by atoms with E-state index >= 15 is 0 Å². The lowest BCUT2D eigenvalue weighted by Crippen LogP contribution is -2.31. The molecule has 1 fully saturated rings. The second kappa shape index (κ2) is 9.03. The number of nitrogens with two attached hydrogens (primary N) is 1. The average molecular weight is 466 g/mol. The Labute approximate surface area is 196 Å². The van der Waals surface area contributed by atoms with Gasteiger partial charge in [-0.25, -0.2) is 9.37 Å². The Bertz CT molecular complexity index is 1360. The summed E-state index contributed by atoms with van der Waals surface area (Å²) < 4.78 is 23.5. The van der Waals surface area contributed by atoms with E-state index in [1.165, 1.54) is 6.07 Å². The number of hydrogen-bond acceptors (Lipinski definition) is 6. The van der Waals surface area contributed by atoms with Gasteiger partial charge in [-0.2, -0.15) is 5.10 Å². The maximum Gasteiger partial charge on any atom is 0.257 e. The number of carbonyl (C=O) groups excluding carboxylic acids is 1. The Morgan fingerprint density at radius 2 is 2.18 bits per heavy atom. The molecule has 178 valence electrons. The smallest absolute Gasteiger partial charge is 0.257 e. The highest BCUT2D eigenvalue weighted by Crippen LogP contribution is 2.30. The number of aromatic nitrogens is 4. The van der Waals surface area contributed by atoms with Gasteiger partial charge < -0.3 is 25.1 Å². The third-order valence-corrected chi connectivity index (χ3v) is 6.14.